The summed E-state index contributed by atoms with van der Waals surface area (Å²) in [7, 11) is 1.37. The Labute approximate surface area is 174 Å². The first-order valence-electron chi connectivity index (χ1n) is 9.26. The van der Waals surface area contributed by atoms with Gasteiger partial charge in [0.2, 0.25) is 0 Å². The highest BCUT2D eigenvalue weighted by atomic mass is 32.2. The van der Waals surface area contributed by atoms with E-state index in [1.807, 2.05) is 25.1 Å². The van der Waals surface area contributed by atoms with E-state index in [0.29, 0.717) is 16.5 Å². The Balaban J connectivity index is 1.96. The number of nitrogens with one attached hydrogen (secondary N) is 2. The average molecular weight is 425 g/mol. The normalized spacial score (nSPS) is 11.8. The van der Waals surface area contributed by atoms with Crippen LogP contribution in [-0.4, -0.2) is 25.0 Å². The van der Waals surface area contributed by atoms with E-state index in [1.165, 1.54) is 19.2 Å². The maximum absolute atomic E-state index is 12.5. The molecule has 0 heterocycles. The van der Waals surface area contributed by atoms with E-state index in [0.717, 1.165) is 16.9 Å². The number of anilines is 1. The van der Waals surface area contributed by atoms with E-state index in [4.69, 9.17) is 4.74 Å². The van der Waals surface area contributed by atoms with Gasteiger partial charge in [-0.15, -0.1) is 11.8 Å². The Morgan fingerprint density at radius 1 is 1.17 bits per heavy atom. The summed E-state index contributed by atoms with van der Waals surface area (Å²) in [5.74, 6) is 0.122. The molecule has 8 heteroatoms. The zero-order valence-corrected chi connectivity index (χ0v) is 17.7. The summed E-state index contributed by atoms with van der Waals surface area (Å²) >= 11 is 1.80. The van der Waals surface area contributed by atoms with E-state index in [2.05, 4.69) is 29.2 Å². The fourth-order valence-electron chi connectivity index (χ4n) is 2.53. The third-order valence-electron chi connectivity index (χ3n) is 4.26. The SMILES string of the molecule is CCC(C)Sc1ccc(NC(=O)NCc2ccc(OC)c(OC(F)F)c2)c(C)c1. The van der Waals surface area contributed by atoms with E-state index in [9.17, 15) is 13.6 Å². The van der Waals surface area contributed by atoms with Crippen molar-refractivity contribution in [1.82, 2.24) is 5.32 Å². The van der Waals surface area contributed by atoms with Crippen LogP contribution in [0, 0.1) is 6.92 Å². The van der Waals surface area contributed by atoms with Gasteiger partial charge in [0, 0.05) is 22.4 Å². The van der Waals surface area contributed by atoms with Crippen LogP contribution >= 0.6 is 11.8 Å². The van der Waals surface area contributed by atoms with Crippen LogP contribution in [0.4, 0.5) is 19.3 Å². The minimum Gasteiger partial charge on any atom is -0.493 e. The lowest BCUT2D eigenvalue weighted by atomic mass is 10.2. The number of hydrogen-bond donors (Lipinski definition) is 2. The number of methoxy groups -OCH3 is 1. The number of hydrogen-bond acceptors (Lipinski definition) is 4. The molecule has 2 aromatic carbocycles. The monoisotopic (exact) mass is 424 g/mol. The van der Waals surface area contributed by atoms with E-state index in [-0.39, 0.29) is 24.1 Å². The van der Waals surface area contributed by atoms with Crippen LogP contribution in [0.1, 0.15) is 31.4 Å². The van der Waals surface area contributed by atoms with Gasteiger partial charge in [0.1, 0.15) is 0 Å². The smallest absolute Gasteiger partial charge is 0.387 e. The van der Waals surface area contributed by atoms with Crippen molar-refractivity contribution in [3.8, 4) is 11.5 Å². The molecule has 5 nitrogen and oxygen atoms in total. The molecular weight excluding hydrogens is 398 g/mol. The quantitative estimate of drug-likeness (QED) is 0.498. The fraction of sp³-hybridized carbons (Fsp3) is 0.381. The molecule has 0 aromatic heterocycles. The second-order valence-corrected chi connectivity index (χ2v) is 8.00. The predicted molar refractivity (Wildman–Crippen MR) is 112 cm³/mol. The van der Waals surface area contributed by atoms with Gasteiger partial charge in [0.25, 0.3) is 0 Å². The highest BCUT2D eigenvalue weighted by molar-refractivity contribution is 7.99. The molecule has 2 amide bonds. The lowest BCUT2D eigenvalue weighted by Crippen LogP contribution is -2.28. The van der Waals surface area contributed by atoms with Crippen LogP contribution in [0.2, 0.25) is 0 Å². The lowest BCUT2D eigenvalue weighted by Gasteiger charge is -2.14. The van der Waals surface area contributed by atoms with Gasteiger partial charge < -0.3 is 20.1 Å². The van der Waals surface area contributed by atoms with Crippen molar-refractivity contribution in [3.63, 3.8) is 0 Å². The third kappa shape index (κ3) is 7.12. The second kappa shape index (κ2) is 10.9. The molecule has 0 saturated heterocycles. The summed E-state index contributed by atoms with van der Waals surface area (Å²) in [6.45, 7) is 3.46. The first kappa shape index (κ1) is 22.8. The van der Waals surface area contributed by atoms with Crippen LogP contribution < -0.4 is 20.1 Å². The Morgan fingerprint density at radius 2 is 1.93 bits per heavy atom. The molecule has 0 aliphatic carbocycles. The van der Waals surface area contributed by atoms with Crippen LogP contribution in [0.3, 0.4) is 0 Å². The van der Waals surface area contributed by atoms with Gasteiger partial charge in [0.15, 0.2) is 11.5 Å². The molecule has 2 rings (SSSR count). The first-order chi connectivity index (χ1) is 13.8. The summed E-state index contributed by atoms with van der Waals surface area (Å²) in [5.41, 5.74) is 2.28. The van der Waals surface area contributed by atoms with E-state index >= 15 is 0 Å². The van der Waals surface area contributed by atoms with Gasteiger partial charge in [-0.05, 0) is 54.8 Å². The highest BCUT2D eigenvalue weighted by Crippen LogP contribution is 2.30. The Hall–Kier alpha value is -2.48. The first-order valence-corrected chi connectivity index (χ1v) is 10.1. The largest absolute Gasteiger partial charge is 0.493 e. The van der Waals surface area contributed by atoms with Crippen molar-refractivity contribution in [1.29, 1.82) is 0 Å². The number of alkyl halides is 2. The Morgan fingerprint density at radius 3 is 2.55 bits per heavy atom. The molecule has 158 valence electrons. The molecule has 0 aliphatic heterocycles. The third-order valence-corrected chi connectivity index (χ3v) is 5.52. The molecule has 2 N–H and O–H groups in total. The van der Waals surface area contributed by atoms with Gasteiger partial charge in [-0.25, -0.2) is 4.79 Å². The highest BCUT2D eigenvalue weighted by Gasteiger charge is 2.12. The Kier molecular flexibility index (Phi) is 8.57. The summed E-state index contributed by atoms with van der Waals surface area (Å²) in [6, 6.07) is 10.1. The van der Waals surface area contributed by atoms with Crippen LogP contribution in [-0.2, 0) is 6.54 Å². The molecule has 0 bridgehead atoms. The number of thioether (sulfide) groups is 1. The topological polar surface area (TPSA) is 59.6 Å². The number of aryl methyl sites for hydroxylation is 1. The van der Waals surface area contributed by atoms with Crippen LogP contribution in [0.15, 0.2) is 41.3 Å². The van der Waals surface area contributed by atoms with E-state index in [1.54, 1.807) is 17.8 Å². The predicted octanol–water partition coefficient (Wildman–Crippen LogP) is 5.82. The van der Waals surface area contributed by atoms with Gasteiger partial charge in [-0.3, -0.25) is 0 Å². The molecule has 0 fully saturated rings. The summed E-state index contributed by atoms with van der Waals surface area (Å²) in [4.78, 5) is 13.4. The number of carbonyl (C=O) groups is 1. The maximum atomic E-state index is 12.5. The molecule has 0 saturated carbocycles. The molecule has 0 spiro atoms. The Bertz CT molecular complexity index is 834. The minimum absolute atomic E-state index is 0.0764. The van der Waals surface area contributed by atoms with Crippen molar-refractivity contribution in [2.75, 3.05) is 12.4 Å². The second-order valence-electron chi connectivity index (χ2n) is 6.48. The zero-order chi connectivity index (χ0) is 21.4. The maximum Gasteiger partial charge on any atom is 0.387 e. The van der Waals surface area contributed by atoms with E-state index < -0.39 is 6.61 Å². The van der Waals surface area contributed by atoms with Crippen molar-refractivity contribution in [3.05, 3.63) is 47.5 Å². The zero-order valence-electron chi connectivity index (χ0n) is 16.9. The molecule has 2 aromatic rings. The molecule has 0 aliphatic rings. The van der Waals surface area contributed by atoms with Crippen LogP contribution in [0.25, 0.3) is 0 Å². The molecule has 29 heavy (non-hydrogen) atoms. The molecular formula is C21H26F2N2O3S. The summed E-state index contributed by atoms with van der Waals surface area (Å²) in [5, 5.41) is 6.05. The van der Waals surface area contributed by atoms with Gasteiger partial charge >= 0.3 is 12.6 Å². The molecule has 1 unspecified atom stereocenters. The lowest BCUT2D eigenvalue weighted by molar-refractivity contribution is -0.0512. The average Bonchev–Trinajstić information content (AvgIpc) is 2.68. The minimum atomic E-state index is -2.96. The number of ether oxygens (including phenoxy) is 2. The molecule has 0 radical (unpaired) electrons. The number of rotatable bonds is 9. The van der Waals surface area contributed by atoms with Crippen molar-refractivity contribution in [2.24, 2.45) is 0 Å². The standard InChI is InChI=1S/C21H26F2N2O3S/c1-5-14(3)29-16-7-8-17(13(2)10-16)25-21(26)24-12-15-6-9-18(27-4)19(11-15)28-20(22)23/h6-11,14,20H,5,12H2,1-4H3,(H2,24,25,26). The van der Waals surface area contributed by atoms with Crippen LogP contribution in [0.5, 0.6) is 11.5 Å². The fourth-order valence-corrected chi connectivity index (χ4v) is 3.56. The number of halogens is 2. The molecule has 1 atom stereocenters. The van der Waals surface area contributed by atoms with Crippen molar-refractivity contribution in [2.45, 2.75) is 50.5 Å². The van der Waals surface area contributed by atoms with Crippen molar-refractivity contribution < 1.29 is 23.0 Å². The van der Waals surface area contributed by atoms with Crippen molar-refractivity contribution >= 4 is 23.5 Å². The summed E-state index contributed by atoms with van der Waals surface area (Å²) < 4.78 is 34.5. The number of amides is 2. The van der Waals surface area contributed by atoms with Gasteiger partial charge in [0.05, 0.1) is 7.11 Å². The van der Waals surface area contributed by atoms with Gasteiger partial charge in [-0.1, -0.05) is 19.9 Å². The number of urea groups is 1. The number of carbonyl (C=O) groups excluding carboxylic acids is 1. The number of benzene rings is 2. The summed E-state index contributed by atoms with van der Waals surface area (Å²) in [6.07, 6.45) is 1.08. The van der Waals surface area contributed by atoms with Gasteiger partial charge in [-0.2, -0.15) is 8.78 Å².